The molecule has 1 unspecified atom stereocenters. The predicted molar refractivity (Wildman–Crippen MR) is 120 cm³/mol. The summed E-state index contributed by atoms with van der Waals surface area (Å²) in [6.07, 6.45) is 9.51. The number of pyridine rings is 1. The Morgan fingerprint density at radius 1 is 1.19 bits per heavy atom. The summed E-state index contributed by atoms with van der Waals surface area (Å²) < 4.78 is 5.88. The van der Waals surface area contributed by atoms with Gasteiger partial charge in [0.1, 0.15) is 5.75 Å². The van der Waals surface area contributed by atoms with E-state index in [0.29, 0.717) is 24.0 Å². The zero-order valence-corrected chi connectivity index (χ0v) is 17.3. The number of aromatic nitrogens is 3. The van der Waals surface area contributed by atoms with Crippen LogP contribution in [0.2, 0.25) is 0 Å². The van der Waals surface area contributed by atoms with Gasteiger partial charge in [0.15, 0.2) is 11.5 Å². The molecule has 8 heteroatoms. The van der Waals surface area contributed by atoms with E-state index in [9.17, 15) is 4.79 Å². The van der Waals surface area contributed by atoms with E-state index in [1.807, 2.05) is 24.3 Å². The molecule has 0 spiro atoms. The number of anilines is 2. The van der Waals surface area contributed by atoms with Gasteiger partial charge >= 0.3 is 0 Å². The third kappa shape index (κ3) is 5.55. The second kappa shape index (κ2) is 9.99. The van der Waals surface area contributed by atoms with Crippen LogP contribution in [0.3, 0.4) is 0 Å². The van der Waals surface area contributed by atoms with E-state index >= 15 is 0 Å². The van der Waals surface area contributed by atoms with Crippen molar-refractivity contribution in [2.24, 2.45) is 0 Å². The molecule has 1 aliphatic rings. The van der Waals surface area contributed by atoms with E-state index in [-0.39, 0.29) is 11.5 Å². The Hall–Kier alpha value is -3.52. The Bertz CT molecular complexity index is 1000. The monoisotopic (exact) mass is 418 g/mol. The molecular weight excluding hydrogens is 392 g/mol. The van der Waals surface area contributed by atoms with Crippen LogP contribution in [0.5, 0.6) is 5.75 Å². The molecule has 3 aromatic rings. The molecule has 4 N–H and O–H groups in total. The highest BCUT2D eigenvalue weighted by Gasteiger charge is 2.15. The lowest BCUT2D eigenvalue weighted by Crippen LogP contribution is -2.35. The van der Waals surface area contributed by atoms with Crippen molar-refractivity contribution in [2.75, 3.05) is 24.2 Å². The third-order valence-electron chi connectivity index (χ3n) is 5.23. The number of nitrogens with one attached hydrogen (secondary N) is 2. The van der Waals surface area contributed by atoms with Gasteiger partial charge in [0, 0.05) is 17.8 Å². The molecule has 2 aromatic heterocycles. The summed E-state index contributed by atoms with van der Waals surface area (Å²) in [6.45, 7) is 1.78. The zero-order valence-electron chi connectivity index (χ0n) is 17.3. The second-order valence-electron chi connectivity index (χ2n) is 7.49. The third-order valence-corrected chi connectivity index (χ3v) is 5.23. The van der Waals surface area contributed by atoms with Crippen LogP contribution >= 0.6 is 0 Å². The van der Waals surface area contributed by atoms with Crippen LogP contribution in [0, 0.1) is 0 Å². The van der Waals surface area contributed by atoms with Crippen molar-refractivity contribution in [2.45, 2.75) is 31.7 Å². The SMILES string of the molecule is Nc1ncc(-c2ccc(OCCC3CCCCN3)cc2)nc1C(=O)Nc1cccnc1. The van der Waals surface area contributed by atoms with Gasteiger partial charge in [-0.25, -0.2) is 9.97 Å². The average Bonchev–Trinajstić information content (AvgIpc) is 2.81. The topological polar surface area (TPSA) is 115 Å². The van der Waals surface area contributed by atoms with Gasteiger partial charge in [-0.2, -0.15) is 0 Å². The van der Waals surface area contributed by atoms with Gasteiger partial charge in [0.25, 0.3) is 5.91 Å². The summed E-state index contributed by atoms with van der Waals surface area (Å²) in [7, 11) is 0. The molecule has 0 saturated carbocycles. The molecule has 1 amide bonds. The lowest BCUT2D eigenvalue weighted by Gasteiger charge is -2.23. The van der Waals surface area contributed by atoms with Crippen molar-refractivity contribution >= 4 is 17.4 Å². The number of rotatable bonds is 7. The largest absolute Gasteiger partial charge is 0.494 e. The van der Waals surface area contributed by atoms with Crippen LogP contribution in [-0.4, -0.2) is 40.1 Å². The van der Waals surface area contributed by atoms with Crippen LogP contribution in [0.4, 0.5) is 11.5 Å². The van der Waals surface area contributed by atoms with Crippen molar-refractivity contribution in [3.05, 3.63) is 60.7 Å². The fourth-order valence-electron chi connectivity index (χ4n) is 3.54. The van der Waals surface area contributed by atoms with Gasteiger partial charge in [-0.15, -0.1) is 0 Å². The van der Waals surface area contributed by atoms with Crippen LogP contribution in [0.25, 0.3) is 11.3 Å². The number of benzene rings is 1. The van der Waals surface area contributed by atoms with Crippen molar-refractivity contribution in [1.82, 2.24) is 20.3 Å². The predicted octanol–water partition coefficient (Wildman–Crippen LogP) is 3.28. The molecule has 4 rings (SSSR count). The molecule has 1 fully saturated rings. The standard InChI is InChI=1S/C23H26N6O2/c24-22-21(23(30)28-18-5-3-11-25-14-18)29-20(15-27-22)16-6-8-19(9-7-16)31-13-10-17-4-1-2-12-26-17/h3,5-9,11,14-15,17,26H,1-2,4,10,12-13H2,(H2,24,27)(H,28,30). The van der Waals surface area contributed by atoms with E-state index < -0.39 is 5.91 Å². The Kier molecular flexibility index (Phi) is 6.68. The van der Waals surface area contributed by atoms with Gasteiger partial charge < -0.3 is 21.1 Å². The van der Waals surface area contributed by atoms with Gasteiger partial charge in [-0.3, -0.25) is 9.78 Å². The number of nitrogens with zero attached hydrogens (tertiary/aromatic N) is 3. The Morgan fingerprint density at radius 2 is 2.06 bits per heavy atom. The summed E-state index contributed by atoms with van der Waals surface area (Å²) in [5.74, 6) is 0.440. The van der Waals surface area contributed by atoms with E-state index in [0.717, 1.165) is 24.3 Å². The van der Waals surface area contributed by atoms with E-state index in [2.05, 4.69) is 25.6 Å². The summed E-state index contributed by atoms with van der Waals surface area (Å²) in [5, 5.41) is 6.26. The van der Waals surface area contributed by atoms with Crippen LogP contribution in [0.1, 0.15) is 36.2 Å². The lowest BCUT2D eigenvalue weighted by atomic mass is 10.0. The number of carbonyl (C=O) groups excluding carboxylic acids is 1. The van der Waals surface area contributed by atoms with Gasteiger partial charge in [0.05, 0.1) is 30.4 Å². The van der Waals surface area contributed by atoms with Crippen LogP contribution in [0.15, 0.2) is 55.0 Å². The zero-order chi connectivity index (χ0) is 21.5. The van der Waals surface area contributed by atoms with E-state index in [4.69, 9.17) is 10.5 Å². The Morgan fingerprint density at radius 3 is 2.81 bits per heavy atom. The van der Waals surface area contributed by atoms with Gasteiger partial charge in [0.2, 0.25) is 0 Å². The van der Waals surface area contributed by atoms with Crippen LogP contribution in [-0.2, 0) is 0 Å². The summed E-state index contributed by atoms with van der Waals surface area (Å²) >= 11 is 0. The molecule has 0 aliphatic carbocycles. The molecule has 1 saturated heterocycles. The molecule has 0 bridgehead atoms. The smallest absolute Gasteiger partial charge is 0.278 e. The Labute approximate surface area is 181 Å². The first-order valence-corrected chi connectivity index (χ1v) is 10.5. The first kappa shape index (κ1) is 20.7. The maximum Gasteiger partial charge on any atom is 0.278 e. The molecule has 31 heavy (non-hydrogen) atoms. The maximum atomic E-state index is 12.6. The van der Waals surface area contributed by atoms with Crippen LogP contribution < -0.4 is 21.1 Å². The van der Waals surface area contributed by atoms with E-state index in [1.165, 1.54) is 19.3 Å². The number of hydrogen-bond donors (Lipinski definition) is 3. The van der Waals surface area contributed by atoms with Gasteiger partial charge in [-0.05, 0) is 62.2 Å². The minimum absolute atomic E-state index is 0.0708. The normalized spacial score (nSPS) is 15.9. The number of amides is 1. The molecule has 160 valence electrons. The van der Waals surface area contributed by atoms with Crippen molar-refractivity contribution in [3.8, 4) is 17.0 Å². The maximum absolute atomic E-state index is 12.6. The summed E-state index contributed by atoms with van der Waals surface area (Å²) in [6, 6.07) is 11.6. The highest BCUT2D eigenvalue weighted by Crippen LogP contribution is 2.22. The average molecular weight is 419 g/mol. The quantitative estimate of drug-likeness (QED) is 0.539. The number of nitrogens with two attached hydrogens (primary N) is 1. The highest BCUT2D eigenvalue weighted by molar-refractivity contribution is 6.05. The molecule has 1 aromatic carbocycles. The first-order valence-electron chi connectivity index (χ1n) is 10.5. The molecular formula is C23H26N6O2. The minimum atomic E-state index is -0.434. The molecule has 8 nitrogen and oxygen atoms in total. The number of ether oxygens (including phenoxy) is 1. The molecule has 0 radical (unpaired) electrons. The first-order chi connectivity index (χ1) is 15.2. The Balaban J connectivity index is 1.39. The molecule has 1 aliphatic heterocycles. The second-order valence-corrected chi connectivity index (χ2v) is 7.49. The number of carbonyl (C=O) groups is 1. The fraction of sp³-hybridized carbons (Fsp3) is 0.304. The summed E-state index contributed by atoms with van der Waals surface area (Å²) in [4.78, 5) is 25.1. The fourth-order valence-corrected chi connectivity index (χ4v) is 3.54. The van der Waals surface area contributed by atoms with E-state index in [1.54, 1.807) is 30.7 Å². The van der Waals surface area contributed by atoms with Crippen molar-refractivity contribution in [1.29, 1.82) is 0 Å². The number of hydrogen-bond acceptors (Lipinski definition) is 7. The van der Waals surface area contributed by atoms with Crippen molar-refractivity contribution < 1.29 is 9.53 Å². The molecule has 3 heterocycles. The number of piperidine rings is 1. The highest BCUT2D eigenvalue weighted by atomic mass is 16.5. The van der Waals surface area contributed by atoms with Crippen molar-refractivity contribution in [3.63, 3.8) is 0 Å². The number of nitrogen functional groups attached to an aromatic ring is 1. The minimum Gasteiger partial charge on any atom is -0.494 e. The van der Waals surface area contributed by atoms with Gasteiger partial charge in [-0.1, -0.05) is 6.42 Å². The lowest BCUT2D eigenvalue weighted by molar-refractivity contribution is 0.102. The molecule has 1 atom stereocenters. The summed E-state index contributed by atoms with van der Waals surface area (Å²) in [5.41, 5.74) is 7.90.